The molecule has 26 heavy (non-hydrogen) atoms. The molecule has 0 unspecified atom stereocenters. The first kappa shape index (κ1) is 22.0. The zero-order valence-corrected chi connectivity index (χ0v) is 16.7. The number of carbonyl (C=O) groups excluding carboxylic acids is 2. The lowest BCUT2D eigenvalue weighted by atomic mass is 9.99. The molecule has 0 radical (unpaired) electrons. The van der Waals surface area contributed by atoms with Gasteiger partial charge in [-0.2, -0.15) is 0 Å². The first-order valence-electron chi connectivity index (χ1n) is 9.07. The predicted octanol–water partition coefficient (Wildman–Crippen LogP) is 4.04. The van der Waals surface area contributed by atoms with Crippen molar-refractivity contribution in [3.8, 4) is 5.75 Å². The van der Waals surface area contributed by atoms with E-state index < -0.39 is 11.6 Å². The number of anilines is 1. The van der Waals surface area contributed by atoms with E-state index in [9.17, 15) is 9.59 Å². The molecule has 1 atom stereocenters. The number of ether oxygens (including phenoxy) is 3. The second-order valence-electron chi connectivity index (χ2n) is 6.78. The molecule has 6 nitrogen and oxygen atoms in total. The highest BCUT2D eigenvalue weighted by atomic mass is 16.5. The molecule has 0 saturated heterocycles. The molecule has 0 aliphatic rings. The summed E-state index contributed by atoms with van der Waals surface area (Å²) >= 11 is 0. The van der Waals surface area contributed by atoms with E-state index in [1.54, 1.807) is 25.1 Å². The average Bonchev–Trinajstić information content (AvgIpc) is 2.60. The van der Waals surface area contributed by atoms with E-state index in [1.807, 2.05) is 27.7 Å². The normalized spacial score (nSPS) is 13.2. The Bertz CT molecular complexity index is 606. The topological polar surface area (TPSA) is 73.9 Å². The molecule has 0 aliphatic heterocycles. The van der Waals surface area contributed by atoms with Crippen LogP contribution >= 0.6 is 0 Å². The van der Waals surface area contributed by atoms with Crippen LogP contribution in [0.5, 0.6) is 5.75 Å². The van der Waals surface area contributed by atoms with E-state index in [1.165, 1.54) is 7.11 Å². The van der Waals surface area contributed by atoms with Crippen LogP contribution in [0.2, 0.25) is 0 Å². The number of hydrogen-bond donors (Lipinski definition) is 1. The van der Waals surface area contributed by atoms with Gasteiger partial charge in [0.15, 0.2) is 0 Å². The maximum atomic E-state index is 12.7. The minimum absolute atomic E-state index is 0.243. The third kappa shape index (κ3) is 6.02. The zero-order chi connectivity index (χ0) is 19.7. The van der Waals surface area contributed by atoms with Gasteiger partial charge in [0.05, 0.1) is 13.7 Å². The van der Waals surface area contributed by atoms with Crippen LogP contribution < -0.4 is 10.1 Å². The molecule has 0 fully saturated rings. The molecule has 1 N–H and O–H groups in total. The molecule has 1 amide bonds. The Balaban J connectivity index is 3.06. The minimum Gasteiger partial charge on any atom is -0.492 e. The molecular formula is C20H31NO5. The SMILES string of the molecule is CCC[C@@](C)(OCC)C(=O)Nc1ccc(OCC(C)C)c(C(=O)OC)c1. The van der Waals surface area contributed by atoms with Crippen molar-refractivity contribution in [1.82, 2.24) is 0 Å². The van der Waals surface area contributed by atoms with Gasteiger partial charge in [0, 0.05) is 12.3 Å². The molecule has 1 aromatic carbocycles. The summed E-state index contributed by atoms with van der Waals surface area (Å²) in [7, 11) is 1.31. The summed E-state index contributed by atoms with van der Waals surface area (Å²) in [5, 5.41) is 2.84. The van der Waals surface area contributed by atoms with E-state index >= 15 is 0 Å². The van der Waals surface area contributed by atoms with Gasteiger partial charge >= 0.3 is 5.97 Å². The number of methoxy groups -OCH3 is 1. The molecule has 0 aliphatic carbocycles. The van der Waals surface area contributed by atoms with Crippen molar-refractivity contribution in [1.29, 1.82) is 0 Å². The van der Waals surface area contributed by atoms with E-state index in [4.69, 9.17) is 14.2 Å². The number of amides is 1. The van der Waals surface area contributed by atoms with E-state index in [0.29, 0.717) is 37.0 Å². The first-order valence-corrected chi connectivity index (χ1v) is 9.07. The van der Waals surface area contributed by atoms with Crippen LogP contribution in [0.25, 0.3) is 0 Å². The summed E-state index contributed by atoms with van der Waals surface area (Å²) in [4.78, 5) is 24.8. The van der Waals surface area contributed by atoms with Crippen LogP contribution in [0.1, 0.15) is 57.8 Å². The van der Waals surface area contributed by atoms with Crippen molar-refractivity contribution in [3.63, 3.8) is 0 Å². The summed E-state index contributed by atoms with van der Waals surface area (Å²) in [6, 6.07) is 4.94. The van der Waals surface area contributed by atoms with Crippen molar-refractivity contribution >= 4 is 17.6 Å². The minimum atomic E-state index is -0.915. The van der Waals surface area contributed by atoms with Gasteiger partial charge in [-0.3, -0.25) is 4.79 Å². The molecule has 0 saturated carbocycles. The molecule has 1 rings (SSSR count). The molecular weight excluding hydrogens is 334 g/mol. The number of rotatable bonds is 10. The first-order chi connectivity index (χ1) is 12.3. The van der Waals surface area contributed by atoms with Crippen LogP contribution in [-0.2, 0) is 14.3 Å². The van der Waals surface area contributed by atoms with Crippen LogP contribution in [-0.4, -0.2) is 37.8 Å². The second-order valence-corrected chi connectivity index (χ2v) is 6.78. The van der Waals surface area contributed by atoms with E-state index in [0.717, 1.165) is 6.42 Å². The highest BCUT2D eigenvalue weighted by molar-refractivity contribution is 5.99. The van der Waals surface area contributed by atoms with Crippen LogP contribution in [0, 0.1) is 5.92 Å². The Kier molecular flexibility index (Phi) is 8.58. The highest BCUT2D eigenvalue weighted by Gasteiger charge is 2.33. The Morgan fingerprint density at radius 2 is 1.92 bits per heavy atom. The number of nitrogens with one attached hydrogen (secondary N) is 1. The Hall–Kier alpha value is -2.08. The largest absolute Gasteiger partial charge is 0.492 e. The molecule has 6 heteroatoms. The van der Waals surface area contributed by atoms with E-state index in [2.05, 4.69) is 5.32 Å². The number of benzene rings is 1. The van der Waals surface area contributed by atoms with Gasteiger partial charge in [0.25, 0.3) is 5.91 Å². The molecule has 0 heterocycles. The summed E-state index contributed by atoms with van der Waals surface area (Å²) in [5.74, 6) is -0.000606. The predicted molar refractivity (Wildman–Crippen MR) is 102 cm³/mol. The van der Waals surface area contributed by atoms with Gasteiger partial charge in [-0.1, -0.05) is 27.2 Å². The summed E-state index contributed by atoms with van der Waals surface area (Å²) < 4.78 is 16.2. The Morgan fingerprint density at radius 3 is 2.46 bits per heavy atom. The van der Waals surface area contributed by atoms with Crippen molar-refractivity contribution in [3.05, 3.63) is 23.8 Å². The fraction of sp³-hybridized carbons (Fsp3) is 0.600. The monoisotopic (exact) mass is 365 g/mol. The highest BCUT2D eigenvalue weighted by Crippen LogP contribution is 2.26. The van der Waals surface area contributed by atoms with Crippen molar-refractivity contribution in [2.24, 2.45) is 5.92 Å². The molecule has 0 bridgehead atoms. The van der Waals surface area contributed by atoms with Gasteiger partial charge in [0.1, 0.15) is 16.9 Å². The lowest BCUT2D eigenvalue weighted by Gasteiger charge is -2.28. The summed E-state index contributed by atoms with van der Waals surface area (Å²) in [6.07, 6.45) is 1.42. The Morgan fingerprint density at radius 1 is 1.23 bits per heavy atom. The van der Waals surface area contributed by atoms with E-state index in [-0.39, 0.29) is 11.5 Å². The van der Waals surface area contributed by atoms with Crippen LogP contribution in [0.3, 0.4) is 0 Å². The van der Waals surface area contributed by atoms with Gasteiger partial charge in [-0.25, -0.2) is 4.79 Å². The average molecular weight is 365 g/mol. The maximum Gasteiger partial charge on any atom is 0.341 e. The molecule has 0 aromatic heterocycles. The quantitative estimate of drug-likeness (QED) is 0.633. The Labute approximate surface area is 156 Å². The van der Waals surface area contributed by atoms with Gasteiger partial charge in [-0.15, -0.1) is 0 Å². The van der Waals surface area contributed by atoms with Crippen molar-refractivity contribution in [2.45, 2.75) is 53.1 Å². The van der Waals surface area contributed by atoms with Crippen LogP contribution in [0.4, 0.5) is 5.69 Å². The third-order valence-corrected chi connectivity index (χ3v) is 3.89. The van der Waals surface area contributed by atoms with Crippen molar-refractivity contribution in [2.75, 3.05) is 25.6 Å². The number of carbonyl (C=O) groups is 2. The molecule has 0 spiro atoms. The van der Waals surface area contributed by atoms with Gasteiger partial charge in [0.2, 0.25) is 0 Å². The maximum absolute atomic E-state index is 12.7. The standard InChI is InChI=1S/C20H31NO5/c1-7-11-20(5,26-8-2)19(23)21-15-9-10-17(25-13-14(3)4)16(12-15)18(22)24-6/h9-10,12,14H,7-8,11,13H2,1-6H3,(H,21,23)/t20-/m1/s1. The lowest BCUT2D eigenvalue weighted by Crippen LogP contribution is -2.42. The summed E-state index contributed by atoms with van der Waals surface area (Å²) in [5.41, 5.74) is -0.143. The van der Waals surface area contributed by atoms with Crippen LogP contribution in [0.15, 0.2) is 18.2 Å². The summed E-state index contributed by atoms with van der Waals surface area (Å²) in [6.45, 7) is 10.6. The van der Waals surface area contributed by atoms with Gasteiger partial charge < -0.3 is 19.5 Å². The van der Waals surface area contributed by atoms with Gasteiger partial charge in [-0.05, 0) is 44.4 Å². The lowest BCUT2D eigenvalue weighted by molar-refractivity contribution is -0.139. The molecule has 146 valence electrons. The zero-order valence-electron chi connectivity index (χ0n) is 16.7. The number of esters is 1. The van der Waals surface area contributed by atoms with Crippen molar-refractivity contribution < 1.29 is 23.8 Å². The third-order valence-electron chi connectivity index (χ3n) is 3.89. The smallest absolute Gasteiger partial charge is 0.341 e. The number of hydrogen-bond acceptors (Lipinski definition) is 5. The molecule has 1 aromatic rings. The fourth-order valence-corrected chi connectivity index (χ4v) is 2.57. The second kappa shape index (κ2) is 10.2. The fourth-order valence-electron chi connectivity index (χ4n) is 2.57.